The molecule has 168 valence electrons. The Balaban J connectivity index is 1.83. The summed E-state index contributed by atoms with van der Waals surface area (Å²) in [6.07, 6.45) is 1.89. The molecule has 8 nitrogen and oxygen atoms in total. The Labute approximate surface area is 197 Å². The van der Waals surface area contributed by atoms with Crippen LogP contribution in [0.3, 0.4) is 0 Å². The number of hydrogen-bond acceptors (Lipinski definition) is 8. The molecule has 11 heteroatoms. The number of benzene rings is 1. The van der Waals surface area contributed by atoms with Crippen molar-refractivity contribution in [3.8, 4) is 11.4 Å². The summed E-state index contributed by atoms with van der Waals surface area (Å²) >= 11 is 4.43. The highest BCUT2D eigenvalue weighted by Crippen LogP contribution is 2.41. The number of hydrogen-bond donors (Lipinski definition) is 2. The summed E-state index contributed by atoms with van der Waals surface area (Å²) in [5, 5.41) is 5.04. The number of nitrogens with zero attached hydrogens (tertiary/aromatic N) is 2. The lowest BCUT2D eigenvalue weighted by molar-refractivity contribution is -0.119. The largest absolute Gasteiger partial charge is 0.497 e. The molecule has 4 rings (SSSR count). The number of carbonyl (C=O) groups excluding carboxylic acids is 2. The second-order valence-corrected chi connectivity index (χ2v) is 10.7. The van der Waals surface area contributed by atoms with E-state index < -0.39 is 17.2 Å². The third kappa shape index (κ3) is 4.37. The Hall–Kier alpha value is -2.50. The van der Waals surface area contributed by atoms with Crippen LogP contribution in [0.2, 0.25) is 0 Å². The van der Waals surface area contributed by atoms with Gasteiger partial charge in [-0.3, -0.25) is 19.5 Å². The topological polar surface area (TPSA) is 102 Å². The number of thiophene rings is 1. The number of rotatable bonds is 5. The molecule has 0 spiro atoms. The highest BCUT2D eigenvalue weighted by atomic mass is 32.2. The molecule has 3 amide bonds. The second-order valence-electron chi connectivity index (χ2n) is 7.06. The third-order valence-electron chi connectivity index (χ3n) is 5.01. The van der Waals surface area contributed by atoms with Crippen molar-refractivity contribution in [3.05, 3.63) is 40.2 Å². The Morgan fingerprint density at radius 2 is 2.03 bits per heavy atom. The van der Waals surface area contributed by atoms with Gasteiger partial charge in [0.15, 0.2) is 5.16 Å². The van der Waals surface area contributed by atoms with E-state index in [0.29, 0.717) is 26.8 Å². The van der Waals surface area contributed by atoms with Gasteiger partial charge >= 0.3 is 6.03 Å². The molecule has 2 aromatic heterocycles. The minimum absolute atomic E-state index is 0.151. The highest BCUT2D eigenvalue weighted by Gasteiger charge is 2.26. The predicted octanol–water partition coefficient (Wildman–Crippen LogP) is 3.43. The summed E-state index contributed by atoms with van der Waals surface area (Å²) in [5.74, 6) is 1.24. The van der Waals surface area contributed by atoms with Crippen LogP contribution in [-0.4, -0.2) is 46.6 Å². The maximum Gasteiger partial charge on any atom is 0.321 e. The van der Waals surface area contributed by atoms with Gasteiger partial charge in [0.1, 0.15) is 10.6 Å². The molecule has 0 bridgehead atoms. The molecule has 1 unspecified atom stereocenters. The summed E-state index contributed by atoms with van der Waals surface area (Å²) in [6, 6.07) is 6.56. The smallest absolute Gasteiger partial charge is 0.321 e. The van der Waals surface area contributed by atoms with Gasteiger partial charge in [-0.25, -0.2) is 9.78 Å². The van der Waals surface area contributed by atoms with Crippen molar-refractivity contribution < 1.29 is 14.3 Å². The summed E-state index contributed by atoms with van der Waals surface area (Å²) in [7, 11) is 3.02. The molecule has 2 N–H and O–H groups in total. The van der Waals surface area contributed by atoms with Gasteiger partial charge in [-0.15, -0.1) is 23.1 Å². The van der Waals surface area contributed by atoms with E-state index in [-0.39, 0.29) is 5.56 Å². The van der Waals surface area contributed by atoms with E-state index in [2.05, 4.69) is 10.6 Å². The van der Waals surface area contributed by atoms with Crippen LogP contribution in [0.1, 0.15) is 18.9 Å². The van der Waals surface area contributed by atoms with Crippen molar-refractivity contribution in [3.63, 3.8) is 0 Å². The quantitative estimate of drug-likeness (QED) is 0.417. The average Bonchev–Trinajstić information content (AvgIpc) is 3.17. The van der Waals surface area contributed by atoms with Crippen LogP contribution in [0.4, 0.5) is 4.79 Å². The van der Waals surface area contributed by atoms with Crippen molar-refractivity contribution in [2.45, 2.75) is 34.4 Å². The van der Waals surface area contributed by atoms with Crippen molar-refractivity contribution in [2.75, 3.05) is 19.9 Å². The Kier molecular flexibility index (Phi) is 6.77. The molecule has 3 aromatic rings. The Bertz CT molecular complexity index is 1240. The summed E-state index contributed by atoms with van der Waals surface area (Å²) in [4.78, 5) is 43.2. The number of aryl methyl sites for hydroxylation is 1. The van der Waals surface area contributed by atoms with Crippen LogP contribution in [0.15, 0.2) is 38.4 Å². The van der Waals surface area contributed by atoms with E-state index in [1.54, 1.807) is 54.6 Å². The predicted molar refractivity (Wildman–Crippen MR) is 129 cm³/mol. The highest BCUT2D eigenvalue weighted by molar-refractivity contribution is 8.01. The van der Waals surface area contributed by atoms with Crippen LogP contribution in [0.5, 0.6) is 5.75 Å². The third-order valence-corrected chi connectivity index (χ3v) is 8.58. The fourth-order valence-corrected chi connectivity index (χ4v) is 6.85. The SMILES string of the molecule is CNC(=O)NC(=O)C(C)Sc1nc2sc3c(c2c(=O)n1-c1ccc(OC)cc1)CCCS3. The zero-order valence-corrected chi connectivity index (χ0v) is 20.2. The summed E-state index contributed by atoms with van der Waals surface area (Å²) in [5.41, 5.74) is 1.56. The number of ether oxygens (including phenoxy) is 1. The first-order valence-electron chi connectivity index (χ1n) is 9.97. The Morgan fingerprint density at radius 3 is 2.72 bits per heavy atom. The van der Waals surface area contributed by atoms with E-state index in [9.17, 15) is 14.4 Å². The monoisotopic (exact) mass is 490 g/mol. The van der Waals surface area contributed by atoms with Crippen LogP contribution in [-0.2, 0) is 11.2 Å². The molecule has 0 saturated carbocycles. The van der Waals surface area contributed by atoms with Crippen LogP contribution in [0.25, 0.3) is 15.9 Å². The zero-order chi connectivity index (χ0) is 22.8. The molecule has 0 fully saturated rings. The number of fused-ring (bicyclic) bond motifs is 3. The number of imide groups is 1. The van der Waals surface area contributed by atoms with Crippen LogP contribution in [0, 0.1) is 0 Å². The lowest BCUT2D eigenvalue weighted by atomic mass is 10.1. The standard InChI is InChI=1S/C21H22N4O4S3/c1-11(16(26)23-20(28)22-2)31-21-24-17-15(14-5-4-10-30-19(14)32-17)18(27)25(21)12-6-8-13(29-3)9-7-12/h6-9,11H,4-5,10H2,1-3H3,(H2,22,23,26,28). The number of nitrogens with one attached hydrogen (secondary N) is 2. The molecule has 3 heterocycles. The fourth-order valence-electron chi connectivity index (χ4n) is 3.35. The molecule has 0 saturated heterocycles. The maximum absolute atomic E-state index is 13.7. The number of carbonyl (C=O) groups is 2. The second kappa shape index (κ2) is 9.55. The van der Waals surface area contributed by atoms with Crippen molar-refractivity contribution in [1.82, 2.24) is 20.2 Å². The zero-order valence-electron chi connectivity index (χ0n) is 17.8. The maximum atomic E-state index is 13.7. The first kappa shape index (κ1) is 22.7. The molecular weight excluding hydrogens is 468 g/mol. The van der Waals surface area contributed by atoms with Gasteiger partial charge in [0, 0.05) is 7.05 Å². The molecule has 0 aliphatic carbocycles. The lowest BCUT2D eigenvalue weighted by Crippen LogP contribution is -2.41. The van der Waals surface area contributed by atoms with Gasteiger partial charge in [0.2, 0.25) is 5.91 Å². The number of amides is 3. The van der Waals surface area contributed by atoms with Crippen LogP contribution < -0.4 is 20.9 Å². The molecule has 1 atom stereocenters. The van der Waals surface area contributed by atoms with Crippen molar-refractivity contribution >= 4 is 57.0 Å². The molecule has 1 aromatic carbocycles. The Morgan fingerprint density at radius 1 is 1.28 bits per heavy atom. The normalized spacial score (nSPS) is 14.0. The minimum atomic E-state index is -0.648. The van der Waals surface area contributed by atoms with Gasteiger partial charge < -0.3 is 10.1 Å². The van der Waals surface area contributed by atoms with Crippen LogP contribution >= 0.6 is 34.9 Å². The van der Waals surface area contributed by atoms with Crippen molar-refractivity contribution in [2.24, 2.45) is 0 Å². The summed E-state index contributed by atoms with van der Waals surface area (Å²) in [6.45, 7) is 1.67. The number of thioether (sulfide) groups is 2. The van der Waals surface area contributed by atoms with Gasteiger partial charge in [-0.2, -0.15) is 0 Å². The van der Waals surface area contributed by atoms with Gasteiger partial charge in [-0.05, 0) is 55.3 Å². The average molecular weight is 491 g/mol. The summed E-state index contributed by atoms with van der Waals surface area (Å²) < 4.78 is 7.93. The van der Waals surface area contributed by atoms with Crippen molar-refractivity contribution in [1.29, 1.82) is 0 Å². The molecule has 1 aliphatic rings. The fraction of sp³-hybridized carbons (Fsp3) is 0.333. The molecular formula is C21H22N4O4S3. The first-order valence-corrected chi connectivity index (χ1v) is 12.7. The lowest BCUT2D eigenvalue weighted by Gasteiger charge is -2.16. The molecule has 0 radical (unpaired) electrons. The minimum Gasteiger partial charge on any atom is -0.497 e. The van der Waals surface area contributed by atoms with E-state index in [1.807, 2.05) is 0 Å². The van der Waals surface area contributed by atoms with E-state index in [0.717, 1.165) is 40.1 Å². The van der Waals surface area contributed by atoms with Gasteiger partial charge in [-0.1, -0.05) is 11.8 Å². The van der Waals surface area contributed by atoms with Gasteiger partial charge in [0.05, 0.1) is 27.6 Å². The first-order chi connectivity index (χ1) is 15.4. The molecule has 1 aliphatic heterocycles. The van der Waals surface area contributed by atoms with E-state index in [1.165, 1.54) is 18.4 Å². The molecule has 32 heavy (non-hydrogen) atoms. The van der Waals surface area contributed by atoms with E-state index >= 15 is 0 Å². The number of methoxy groups -OCH3 is 1. The van der Waals surface area contributed by atoms with E-state index in [4.69, 9.17) is 9.72 Å². The number of aromatic nitrogens is 2. The van der Waals surface area contributed by atoms with Gasteiger partial charge in [0.25, 0.3) is 5.56 Å². The number of urea groups is 1.